The van der Waals surface area contributed by atoms with Crippen LogP contribution in [-0.4, -0.2) is 28.1 Å². The van der Waals surface area contributed by atoms with E-state index < -0.39 is 17.7 Å². The zero-order chi connectivity index (χ0) is 16.4. The summed E-state index contributed by atoms with van der Waals surface area (Å²) in [6.45, 7) is 1.66. The summed E-state index contributed by atoms with van der Waals surface area (Å²) >= 11 is 0. The van der Waals surface area contributed by atoms with Gasteiger partial charge in [0.15, 0.2) is 11.6 Å². The Balaban J connectivity index is 1.84. The van der Waals surface area contributed by atoms with Crippen LogP contribution in [-0.2, 0) is 9.63 Å². The number of nitrogens with one attached hydrogen (secondary N) is 2. The molecule has 0 aliphatic carbocycles. The van der Waals surface area contributed by atoms with E-state index in [1.54, 1.807) is 6.08 Å². The highest BCUT2D eigenvalue weighted by Crippen LogP contribution is 2.25. The fourth-order valence-corrected chi connectivity index (χ4v) is 2.25. The number of hydrogen-bond acceptors (Lipinski definition) is 4. The lowest BCUT2D eigenvalue weighted by Gasteiger charge is -2.09. The number of amides is 1. The van der Waals surface area contributed by atoms with Gasteiger partial charge in [-0.1, -0.05) is 0 Å². The van der Waals surface area contributed by atoms with Crippen molar-refractivity contribution in [2.24, 2.45) is 0 Å². The molecule has 6 nitrogen and oxygen atoms in total. The third kappa shape index (κ3) is 3.21. The highest BCUT2D eigenvalue weighted by atomic mass is 19.1. The van der Waals surface area contributed by atoms with Crippen LogP contribution in [0.2, 0.25) is 0 Å². The molecule has 3 rings (SSSR count). The van der Waals surface area contributed by atoms with E-state index in [0.717, 1.165) is 0 Å². The quantitative estimate of drug-likeness (QED) is 0.896. The summed E-state index contributed by atoms with van der Waals surface area (Å²) in [6, 6.07) is 2.42. The topological polar surface area (TPSA) is 68.2 Å². The van der Waals surface area contributed by atoms with Crippen LogP contribution in [0.15, 0.2) is 36.9 Å². The van der Waals surface area contributed by atoms with Crippen molar-refractivity contribution < 1.29 is 18.4 Å². The molecule has 8 heteroatoms. The first kappa shape index (κ1) is 15.2. The number of carbonyl (C=O) groups is 1. The molecule has 23 heavy (non-hydrogen) atoms. The summed E-state index contributed by atoms with van der Waals surface area (Å²) in [6.07, 6.45) is 5.46. The molecule has 2 aromatic rings. The monoisotopic (exact) mass is 320 g/mol. The maximum Gasteiger partial charge on any atom is 0.216 e. The average molecular weight is 320 g/mol. The third-order valence-electron chi connectivity index (χ3n) is 3.32. The van der Waals surface area contributed by atoms with Crippen molar-refractivity contribution in [3.63, 3.8) is 0 Å². The second-order valence-corrected chi connectivity index (χ2v) is 5.03. The molecule has 0 saturated heterocycles. The molecule has 0 radical (unpaired) electrons. The normalized spacial score (nSPS) is 16.8. The van der Waals surface area contributed by atoms with Crippen molar-refractivity contribution in [2.45, 2.75) is 13.0 Å². The van der Waals surface area contributed by atoms with Crippen molar-refractivity contribution >= 4 is 11.6 Å². The van der Waals surface area contributed by atoms with E-state index in [1.165, 1.54) is 42.3 Å². The third-order valence-corrected chi connectivity index (χ3v) is 3.32. The number of aromatic nitrogens is 2. The number of hydrogen-bond donors (Lipinski definition) is 2. The molecule has 2 N–H and O–H groups in total. The minimum absolute atomic E-state index is 0.183. The van der Waals surface area contributed by atoms with Crippen LogP contribution in [0.25, 0.3) is 11.4 Å². The molecule has 0 fully saturated rings. The Morgan fingerprint density at radius 2 is 2.17 bits per heavy atom. The Morgan fingerprint density at radius 3 is 2.78 bits per heavy atom. The summed E-state index contributed by atoms with van der Waals surface area (Å²) in [5, 5.41) is 2.60. The Bertz CT molecular complexity index is 736. The molecule has 1 amide bonds. The van der Waals surface area contributed by atoms with Crippen LogP contribution in [0.4, 0.5) is 8.78 Å². The first-order valence-electron chi connectivity index (χ1n) is 6.90. The van der Waals surface area contributed by atoms with Gasteiger partial charge in [0.2, 0.25) is 5.91 Å². The first-order chi connectivity index (χ1) is 11.0. The van der Waals surface area contributed by atoms with Crippen molar-refractivity contribution in [3.8, 4) is 5.69 Å². The molecule has 1 unspecified atom stereocenters. The summed E-state index contributed by atoms with van der Waals surface area (Å²) in [5.41, 5.74) is 3.17. The zero-order valence-corrected chi connectivity index (χ0v) is 12.2. The van der Waals surface area contributed by atoms with Crippen LogP contribution in [0.1, 0.15) is 12.5 Å². The molecular formula is C15H14F2N4O2. The minimum Gasteiger partial charge on any atom is -0.353 e. The lowest BCUT2D eigenvalue weighted by atomic mass is 10.1. The maximum atomic E-state index is 14.2. The smallest absolute Gasteiger partial charge is 0.216 e. The van der Waals surface area contributed by atoms with Crippen LogP contribution in [0, 0.1) is 11.6 Å². The second-order valence-electron chi connectivity index (χ2n) is 5.03. The van der Waals surface area contributed by atoms with Gasteiger partial charge in [0, 0.05) is 24.9 Å². The summed E-state index contributed by atoms with van der Waals surface area (Å²) in [4.78, 5) is 19.9. The van der Waals surface area contributed by atoms with E-state index in [-0.39, 0.29) is 18.1 Å². The lowest BCUT2D eigenvalue weighted by Crippen LogP contribution is -2.30. The van der Waals surface area contributed by atoms with E-state index in [9.17, 15) is 13.6 Å². The number of carbonyl (C=O) groups excluding carboxylic acids is 1. The van der Waals surface area contributed by atoms with Gasteiger partial charge in [-0.3, -0.25) is 15.1 Å². The van der Waals surface area contributed by atoms with Gasteiger partial charge in [0.1, 0.15) is 11.8 Å². The Morgan fingerprint density at radius 1 is 1.43 bits per heavy atom. The number of rotatable bonds is 4. The average Bonchev–Trinajstić information content (AvgIpc) is 3.16. The molecule has 0 spiro atoms. The number of imidazole rings is 1. The molecule has 0 saturated carbocycles. The predicted molar refractivity (Wildman–Crippen MR) is 78.1 cm³/mol. The molecule has 1 atom stereocenters. The Hall–Kier alpha value is -2.74. The standard InChI is InChI=1S/C15H14F2N4O2/c1-9(22)19-7-11-6-14(20-23-11)10-4-12(16)15(13(17)5-10)21-3-2-18-8-21/h2-6,8,11,20H,7H2,1H3,(H,19,22). The van der Waals surface area contributed by atoms with Crippen LogP contribution in [0.5, 0.6) is 0 Å². The van der Waals surface area contributed by atoms with Crippen molar-refractivity contribution in [2.75, 3.05) is 6.54 Å². The van der Waals surface area contributed by atoms with E-state index in [4.69, 9.17) is 4.84 Å². The number of hydroxylamine groups is 1. The van der Waals surface area contributed by atoms with Gasteiger partial charge in [-0.2, -0.15) is 0 Å². The summed E-state index contributed by atoms with van der Waals surface area (Å²) in [7, 11) is 0. The molecule has 120 valence electrons. The van der Waals surface area contributed by atoms with Gasteiger partial charge in [0.05, 0.1) is 18.6 Å². The number of halogens is 2. The molecule has 1 aromatic carbocycles. The fourth-order valence-electron chi connectivity index (χ4n) is 2.25. The lowest BCUT2D eigenvalue weighted by molar-refractivity contribution is -0.119. The Labute approximate surface area is 130 Å². The predicted octanol–water partition coefficient (Wildman–Crippen LogP) is 1.53. The van der Waals surface area contributed by atoms with Gasteiger partial charge in [0.25, 0.3) is 0 Å². The fraction of sp³-hybridized carbons (Fsp3) is 0.200. The maximum absolute atomic E-state index is 14.2. The van der Waals surface area contributed by atoms with Gasteiger partial charge in [-0.15, -0.1) is 0 Å². The first-order valence-corrected chi connectivity index (χ1v) is 6.90. The highest BCUT2D eigenvalue weighted by molar-refractivity contribution is 5.73. The van der Waals surface area contributed by atoms with Gasteiger partial charge >= 0.3 is 0 Å². The van der Waals surface area contributed by atoms with Crippen LogP contribution < -0.4 is 10.8 Å². The van der Waals surface area contributed by atoms with Crippen molar-refractivity contribution in [1.29, 1.82) is 0 Å². The van der Waals surface area contributed by atoms with Gasteiger partial charge in [-0.25, -0.2) is 13.8 Å². The van der Waals surface area contributed by atoms with E-state index in [1.807, 2.05) is 0 Å². The van der Waals surface area contributed by atoms with E-state index >= 15 is 0 Å². The SMILES string of the molecule is CC(=O)NCC1C=C(c2cc(F)c(-n3ccnc3)c(F)c2)NO1. The summed E-state index contributed by atoms with van der Waals surface area (Å²) in [5.74, 6) is -1.62. The minimum atomic E-state index is -0.717. The zero-order valence-electron chi connectivity index (χ0n) is 12.2. The van der Waals surface area contributed by atoms with Crippen molar-refractivity contribution in [3.05, 3.63) is 54.1 Å². The van der Waals surface area contributed by atoms with Gasteiger partial charge < -0.3 is 9.88 Å². The number of nitrogens with zero attached hydrogens (tertiary/aromatic N) is 2. The molecular weight excluding hydrogens is 306 g/mol. The molecule has 1 aliphatic rings. The summed E-state index contributed by atoms with van der Waals surface area (Å²) < 4.78 is 29.7. The number of benzene rings is 1. The molecule has 2 heterocycles. The largest absolute Gasteiger partial charge is 0.353 e. The van der Waals surface area contributed by atoms with Crippen LogP contribution >= 0.6 is 0 Å². The van der Waals surface area contributed by atoms with E-state index in [0.29, 0.717) is 11.3 Å². The molecule has 1 aliphatic heterocycles. The van der Waals surface area contributed by atoms with Gasteiger partial charge in [-0.05, 0) is 18.2 Å². The van der Waals surface area contributed by atoms with Crippen molar-refractivity contribution in [1.82, 2.24) is 20.3 Å². The second kappa shape index (κ2) is 6.17. The highest BCUT2D eigenvalue weighted by Gasteiger charge is 2.20. The Kier molecular flexibility index (Phi) is 4.07. The van der Waals surface area contributed by atoms with E-state index in [2.05, 4.69) is 15.8 Å². The molecule has 0 bridgehead atoms. The van der Waals surface area contributed by atoms with Crippen LogP contribution in [0.3, 0.4) is 0 Å². The molecule has 1 aromatic heterocycles.